The zero-order valence-electron chi connectivity index (χ0n) is 19.0. The van der Waals surface area contributed by atoms with E-state index in [0.29, 0.717) is 5.92 Å². The molecule has 0 fully saturated rings. The van der Waals surface area contributed by atoms with Crippen LogP contribution >= 0.6 is 0 Å². The maximum absolute atomic E-state index is 5.54. The topological polar surface area (TPSA) is 9.23 Å². The summed E-state index contributed by atoms with van der Waals surface area (Å²) in [5.74, 6) is 0.516. The smallest absolute Gasteiger partial charge is 0.0758 e. The van der Waals surface area contributed by atoms with Gasteiger partial charge >= 0.3 is 0 Å². The molecular formula is C28H40O. The summed E-state index contributed by atoms with van der Waals surface area (Å²) in [7, 11) is 1.80. The average Bonchev–Trinajstić information content (AvgIpc) is 3.08. The summed E-state index contributed by atoms with van der Waals surface area (Å²) in [5.41, 5.74) is 7.11. The fourth-order valence-electron chi connectivity index (χ4n) is 4.24. The Balaban J connectivity index is 2.26. The zero-order chi connectivity index (χ0) is 21.1. The predicted molar refractivity (Wildman–Crippen MR) is 128 cm³/mol. The minimum absolute atomic E-state index is 0.236. The third kappa shape index (κ3) is 7.16. The summed E-state index contributed by atoms with van der Waals surface area (Å²) in [6.45, 7) is 10.8. The summed E-state index contributed by atoms with van der Waals surface area (Å²) in [6.07, 6.45) is 27.7. The molecule has 158 valence electrons. The first-order valence-electron chi connectivity index (χ1n) is 11.4. The van der Waals surface area contributed by atoms with Crippen LogP contribution in [0.1, 0.15) is 72.1 Å². The van der Waals surface area contributed by atoms with E-state index in [0.717, 1.165) is 32.1 Å². The number of hydrogen-bond donors (Lipinski definition) is 0. The maximum atomic E-state index is 5.54. The normalized spacial score (nSPS) is 23.7. The van der Waals surface area contributed by atoms with E-state index in [-0.39, 0.29) is 6.10 Å². The van der Waals surface area contributed by atoms with E-state index in [2.05, 4.69) is 69.9 Å². The van der Waals surface area contributed by atoms with Crippen molar-refractivity contribution in [2.45, 2.75) is 78.2 Å². The van der Waals surface area contributed by atoms with Gasteiger partial charge in [0, 0.05) is 7.11 Å². The molecule has 2 aliphatic carbocycles. The molecule has 2 rings (SSSR count). The fraction of sp³-hybridized carbons (Fsp3) is 0.500. The molecular weight excluding hydrogens is 352 g/mol. The molecule has 0 aromatic carbocycles. The molecule has 2 aliphatic rings. The van der Waals surface area contributed by atoms with Crippen molar-refractivity contribution < 1.29 is 4.74 Å². The number of rotatable bonds is 9. The lowest BCUT2D eigenvalue weighted by Crippen LogP contribution is -2.05. The summed E-state index contributed by atoms with van der Waals surface area (Å²) in [6, 6.07) is 0. The second-order valence-electron chi connectivity index (χ2n) is 8.20. The van der Waals surface area contributed by atoms with Crippen molar-refractivity contribution in [3.8, 4) is 0 Å². The largest absolute Gasteiger partial charge is 0.377 e. The van der Waals surface area contributed by atoms with Crippen LogP contribution in [0.15, 0.2) is 83.1 Å². The molecule has 1 heteroatoms. The first-order chi connectivity index (χ1) is 14.1. The third-order valence-electron chi connectivity index (χ3n) is 5.97. The van der Waals surface area contributed by atoms with Gasteiger partial charge < -0.3 is 4.74 Å². The monoisotopic (exact) mass is 392 g/mol. The van der Waals surface area contributed by atoms with E-state index in [4.69, 9.17) is 4.74 Å². The van der Waals surface area contributed by atoms with Crippen LogP contribution in [0, 0.1) is 5.92 Å². The van der Waals surface area contributed by atoms with Gasteiger partial charge in [0.1, 0.15) is 0 Å². The van der Waals surface area contributed by atoms with E-state index in [1.165, 1.54) is 41.6 Å². The molecule has 0 amide bonds. The first-order valence-corrected chi connectivity index (χ1v) is 11.4. The molecule has 0 spiro atoms. The highest BCUT2D eigenvalue weighted by Gasteiger charge is 2.18. The number of methoxy groups -OCH3 is 1. The Labute approximate surface area is 179 Å². The predicted octanol–water partition coefficient (Wildman–Crippen LogP) is 8.20. The lowest BCUT2D eigenvalue weighted by molar-refractivity contribution is 0.134. The van der Waals surface area contributed by atoms with E-state index >= 15 is 0 Å². The van der Waals surface area contributed by atoms with Gasteiger partial charge in [0.2, 0.25) is 0 Å². The molecule has 2 unspecified atom stereocenters. The van der Waals surface area contributed by atoms with Crippen molar-refractivity contribution in [3.63, 3.8) is 0 Å². The first kappa shape index (κ1) is 23.4. The quantitative estimate of drug-likeness (QED) is 0.359. The van der Waals surface area contributed by atoms with Gasteiger partial charge in [-0.2, -0.15) is 0 Å². The second kappa shape index (κ2) is 12.6. The molecule has 1 nitrogen and oxygen atoms in total. The molecule has 0 N–H and O–H groups in total. The van der Waals surface area contributed by atoms with Crippen molar-refractivity contribution in [3.05, 3.63) is 83.1 Å². The minimum atomic E-state index is 0.236. The molecule has 0 saturated carbocycles. The molecule has 0 aliphatic heterocycles. The van der Waals surface area contributed by atoms with Gasteiger partial charge in [0.25, 0.3) is 0 Å². The molecule has 2 atom stereocenters. The minimum Gasteiger partial charge on any atom is -0.377 e. The summed E-state index contributed by atoms with van der Waals surface area (Å²) < 4.78 is 5.54. The molecule has 0 radical (unpaired) electrons. The summed E-state index contributed by atoms with van der Waals surface area (Å²) in [4.78, 5) is 0. The Bertz CT molecular complexity index is 723. The highest BCUT2D eigenvalue weighted by atomic mass is 16.5. The summed E-state index contributed by atoms with van der Waals surface area (Å²) >= 11 is 0. The van der Waals surface area contributed by atoms with Gasteiger partial charge in [-0.05, 0) is 73.7 Å². The number of unbranched alkanes of at least 4 members (excludes halogenated alkanes) is 1. The van der Waals surface area contributed by atoms with Crippen molar-refractivity contribution in [1.29, 1.82) is 0 Å². The van der Waals surface area contributed by atoms with Crippen LogP contribution in [-0.2, 0) is 4.74 Å². The van der Waals surface area contributed by atoms with E-state index < -0.39 is 0 Å². The highest BCUT2D eigenvalue weighted by Crippen LogP contribution is 2.34. The Morgan fingerprint density at radius 2 is 2.07 bits per heavy atom. The van der Waals surface area contributed by atoms with Crippen molar-refractivity contribution in [1.82, 2.24) is 0 Å². The van der Waals surface area contributed by atoms with Crippen LogP contribution < -0.4 is 0 Å². The van der Waals surface area contributed by atoms with Gasteiger partial charge in [-0.3, -0.25) is 0 Å². The molecule has 29 heavy (non-hydrogen) atoms. The fourth-order valence-corrected chi connectivity index (χ4v) is 4.24. The molecule has 0 aromatic heterocycles. The standard InChI is InChI=1S/C28H40O/c1-6-9-13-23(8-3)22(4)20-26-15-10-16-27(21-25(26)12-7-2)24-14-11-17-28(29-5)19-18-24/h8,11,13-14,16-17,20-21,26,28H,3,6-7,9-10,12,15,18-19H2,1-2,4-5H3. The Morgan fingerprint density at radius 1 is 1.24 bits per heavy atom. The van der Waals surface area contributed by atoms with Gasteiger partial charge in [0.05, 0.1) is 6.10 Å². The van der Waals surface area contributed by atoms with Crippen molar-refractivity contribution in [2.75, 3.05) is 7.11 Å². The van der Waals surface area contributed by atoms with Crippen molar-refractivity contribution in [2.24, 2.45) is 5.92 Å². The van der Waals surface area contributed by atoms with Gasteiger partial charge in [-0.25, -0.2) is 0 Å². The maximum Gasteiger partial charge on any atom is 0.0758 e. The van der Waals surface area contributed by atoms with Crippen LogP contribution in [-0.4, -0.2) is 13.2 Å². The Kier molecular flexibility index (Phi) is 10.2. The average molecular weight is 393 g/mol. The van der Waals surface area contributed by atoms with Crippen LogP contribution in [0.3, 0.4) is 0 Å². The molecule has 0 aromatic rings. The Hall–Kier alpha value is -1.86. The van der Waals surface area contributed by atoms with Gasteiger partial charge in [-0.1, -0.05) is 87.4 Å². The number of ether oxygens (including phenoxy) is 1. The number of allylic oxidation sites excluding steroid dienone is 12. The molecule has 0 bridgehead atoms. The van der Waals surface area contributed by atoms with Crippen LogP contribution in [0.4, 0.5) is 0 Å². The van der Waals surface area contributed by atoms with E-state index in [9.17, 15) is 0 Å². The van der Waals surface area contributed by atoms with Crippen LogP contribution in [0.2, 0.25) is 0 Å². The lowest BCUT2D eigenvalue weighted by Gasteiger charge is -2.17. The lowest BCUT2D eigenvalue weighted by atomic mass is 9.88. The zero-order valence-corrected chi connectivity index (χ0v) is 19.0. The van der Waals surface area contributed by atoms with Gasteiger partial charge in [0.15, 0.2) is 0 Å². The molecule has 0 heterocycles. The summed E-state index contributed by atoms with van der Waals surface area (Å²) in [5, 5.41) is 0. The highest BCUT2D eigenvalue weighted by molar-refractivity contribution is 5.46. The van der Waals surface area contributed by atoms with Crippen LogP contribution in [0.5, 0.6) is 0 Å². The van der Waals surface area contributed by atoms with Crippen LogP contribution in [0.25, 0.3) is 0 Å². The van der Waals surface area contributed by atoms with E-state index in [1.54, 1.807) is 12.7 Å². The molecule has 0 saturated heterocycles. The Morgan fingerprint density at radius 3 is 2.76 bits per heavy atom. The SMILES string of the molecule is C=CC(=CCCC)C(C)=CC1CCC=C(C2=CC=CC(OC)CC2)C=C1CCC. The van der Waals surface area contributed by atoms with Crippen molar-refractivity contribution >= 4 is 0 Å². The van der Waals surface area contributed by atoms with Gasteiger partial charge in [-0.15, -0.1) is 0 Å². The van der Waals surface area contributed by atoms with E-state index in [1.807, 2.05) is 6.08 Å². The second-order valence-corrected chi connectivity index (χ2v) is 8.20. The third-order valence-corrected chi connectivity index (χ3v) is 5.97. The number of hydrogen-bond acceptors (Lipinski definition) is 1.